The average molecular weight is 190 g/mol. The maximum atomic E-state index is 10.4. The molecule has 0 saturated heterocycles. The lowest BCUT2D eigenvalue weighted by atomic mass is 10.2. The van der Waals surface area contributed by atoms with E-state index in [-0.39, 0.29) is 18.0 Å². The van der Waals surface area contributed by atoms with Crippen LogP contribution in [0.2, 0.25) is 0 Å². The fraction of sp³-hybridized carbons (Fsp3) is 0. The maximum Gasteiger partial charge on any atom is 0.335 e. The molecule has 0 saturated carbocycles. The van der Waals surface area contributed by atoms with Gasteiger partial charge in [-0.2, -0.15) is 5.90 Å². The first-order valence-electron chi connectivity index (χ1n) is 2.94. The van der Waals surface area contributed by atoms with Crippen LogP contribution in [-0.2, 0) is 0 Å². The van der Waals surface area contributed by atoms with Gasteiger partial charge in [0.05, 0.1) is 5.56 Å². The summed E-state index contributed by atoms with van der Waals surface area (Å²) < 4.78 is 0. The standard InChI is InChI=1S/C7H7NO3.ClH/c8-11-6-3-1-2-5(4-6)7(9)10;/h1-4H,8H2,(H,9,10);1H. The summed E-state index contributed by atoms with van der Waals surface area (Å²) in [7, 11) is 0. The van der Waals surface area contributed by atoms with Crippen molar-refractivity contribution in [3.8, 4) is 5.75 Å². The Morgan fingerprint density at radius 3 is 2.67 bits per heavy atom. The van der Waals surface area contributed by atoms with Gasteiger partial charge in [-0.3, -0.25) is 0 Å². The molecule has 0 fully saturated rings. The van der Waals surface area contributed by atoms with Gasteiger partial charge in [-0.05, 0) is 18.2 Å². The number of benzene rings is 1. The zero-order valence-electron chi connectivity index (χ0n) is 6.06. The van der Waals surface area contributed by atoms with Gasteiger partial charge in [0, 0.05) is 0 Å². The highest BCUT2D eigenvalue weighted by molar-refractivity contribution is 5.87. The molecule has 1 rings (SSSR count). The zero-order valence-corrected chi connectivity index (χ0v) is 6.88. The second-order valence-electron chi connectivity index (χ2n) is 1.95. The third-order valence-electron chi connectivity index (χ3n) is 1.22. The molecule has 5 heteroatoms. The van der Waals surface area contributed by atoms with Crippen molar-refractivity contribution in [3.05, 3.63) is 29.8 Å². The van der Waals surface area contributed by atoms with Crippen LogP contribution in [0, 0.1) is 0 Å². The fourth-order valence-corrected chi connectivity index (χ4v) is 0.702. The molecule has 0 bridgehead atoms. The molecule has 3 N–H and O–H groups in total. The van der Waals surface area contributed by atoms with Crippen LogP contribution in [0.1, 0.15) is 10.4 Å². The summed E-state index contributed by atoms with van der Waals surface area (Å²) in [4.78, 5) is 14.7. The zero-order chi connectivity index (χ0) is 8.27. The van der Waals surface area contributed by atoms with E-state index in [0.29, 0.717) is 5.75 Å². The van der Waals surface area contributed by atoms with Crippen LogP contribution in [0.4, 0.5) is 0 Å². The Morgan fingerprint density at radius 1 is 1.50 bits per heavy atom. The molecule has 0 spiro atoms. The molecule has 0 radical (unpaired) electrons. The summed E-state index contributed by atoms with van der Waals surface area (Å²) in [6, 6.07) is 5.95. The van der Waals surface area contributed by atoms with Crippen molar-refractivity contribution >= 4 is 18.4 Å². The largest absolute Gasteiger partial charge is 0.478 e. The molecule has 1 aromatic carbocycles. The Hall–Kier alpha value is -1.26. The Labute approximate surface area is 75.3 Å². The van der Waals surface area contributed by atoms with Gasteiger partial charge in [-0.1, -0.05) is 6.07 Å². The van der Waals surface area contributed by atoms with E-state index in [1.807, 2.05) is 0 Å². The lowest BCUT2D eigenvalue weighted by molar-refractivity contribution is 0.0696. The average Bonchev–Trinajstić information content (AvgIpc) is 2.05. The van der Waals surface area contributed by atoms with E-state index in [2.05, 4.69) is 4.84 Å². The fourth-order valence-electron chi connectivity index (χ4n) is 0.702. The Bertz CT molecular complexity index is 277. The number of rotatable bonds is 2. The first-order chi connectivity index (χ1) is 5.24. The molecule has 0 aliphatic carbocycles. The number of carbonyl (C=O) groups is 1. The number of hydrogen-bond acceptors (Lipinski definition) is 3. The molecule has 0 amide bonds. The van der Waals surface area contributed by atoms with Crippen molar-refractivity contribution in [2.45, 2.75) is 0 Å². The van der Waals surface area contributed by atoms with Crippen LogP contribution < -0.4 is 10.7 Å². The highest BCUT2D eigenvalue weighted by Crippen LogP contribution is 2.11. The molecule has 12 heavy (non-hydrogen) atoms. The first kappa shape index (κ1) is 10.7. The van der Waals surface area contributed by atoms with Gasteiger partial charge in [0.25, 0.3) is 0 Å². The van der Waals surface area contributed by atoms with Gasteiger partial charge >= 0.3 is 5.97 Å². The van der Waals surface area contributed by atoms with Gasteiger partial charge in [0.2, 0.25) is 0 Å². The van der Waals surface area contributed by atoms with Crippen LogP contribution in [0.25, 0.3) is 0 Å². The molecule has 0 aliphatic heterocycles. The summed E-state index contributed by atoms with van der Waals surface area (Å²) in [5.41, 5.74) is 0.160. The summed E-state index contributed by atoms with van der Waals surface area (Å²) in [6.45, 7) is 0. The molecule has 1 aromatic rings. The normalized spacial score (nSPS) is 8.42. The van der Waals surface area contributed by atoms with Crippen molar-refractivity contribution < 1.29 is 14.7 Å². The summed E-state index contributed by atoms with van der Waals surface area (Å²) in [5, 5.41) is 8.51. The number of hydrogen-bond donors (Lipinski definition) is 2. The molecule has 0 aromatic heterocycles. The second-order valence-corrected chi connectivity index (χ2v) is 1.95. The lowest BCUT2D eigenvalue weighted by Crippen LogP contribution is -2.03. The lowest BCUT2D eigenvalue weighted by Gasteiger charge is -1.97. The van der Waals surface area contributed by atoms with Crippen LogP contribution in [0.3, 0.4) is 0 Å². The molecular weight excluding hydrogens is 182 g/mol. The van der Waals surface area contributed by atoms with Gasteiger partial charge < -0.3 is 9.94 Å². The summed E-state index contributed by atoms with van der Waals surface area (Å²) in [5.74, 6) is 4.17. The van der Waals surface area contributed by atoms with Crippen molar-refractivity contribution in [2.24, 2.45) is 5.90 Å². The Kier molecular flexibility index (Phi) is 4.10. The third-order valence-corrected chi connectivity index (χ3v) is 1.22. The minimum atomic E-state index is -0.996. The second kappa shape index (κ2) is 4.58. The van der Waals surface area contributed by atoms with E-state index >= 15 is 0 Å². The van der Waals surface area contributed by atoms with Crippen molar-refractivity contribution in [1.82, 2.24) is 0 Å². The number of nitrogens with two attached hydrogens (primary N) is 1. The van der Waals surface area contributed by atoms with E-state index in [1.54, 1.807) is 12.1 Å². The van der Waals surface area contributed by atoms with E-state index < -0.39 is 5.97 Å². The number of aromatic carboxylic acids is 1. The molecule has 4 nitrogen and oxygen atoms in total. The van der Waals surface area contributed by atoms with Gasteiger partial charge in [-0.15, -0.1) is 12.4 Å². The van der Waals surface area contributed by atoms with E-state index in [9.17, 15) is 4.79 Å². The maximum absolute atomic E-state index is 10.4. The highest BCUT2D eigenvalue weighted by atomic mass is 35.5. The topological polar surface area (TPSA) is 72.5 Å². The van der Waals surface area contributed by atoms with Crippen LogP contribution >= 0.6 is 12.4 Å². The predicted octanol–water partition coefficient (Wildman–Crippen LogP) is 1.06. The molecule has 0 unspecified atom stereocenters. The summed E-state index contributed by atoms with van der Waals surface area (Å²) in [6.07, 6.45) is 0. The number of carboxylic acids is 1. The predicted molar refractivity (Wildman–Crippen MR) is 45.5 cm³/mol. The highest BCUT2D eigenvalue weighted by Gasteiger charge is 2.02. The van der Waals surface area contributed by atoms with E-state index in [0.717, 1.165) is 0 Å². The van der Waals surface area contributed by atoms with Gasteiger partial charge in [0.15, 0.2) is 0 Å². The van der Waals surface area contributed by atoms with Gasteiger partial charge in [0.1, 0.15) is 5.75 Å². The monoisotopic (exact) mass is 189 g/mol. The van der Waals surface area contributed by atoms with Crippen LogP contribution in [-0.4, -0.2) is 11.1 Å². The summed E-state index contributed by atoms with van der Waals surface area (Å²) >= 11 is 0. The quantitative estimate of drug-likeness (QED) is 0.683. The van der Waals surface area contributed by atoms with Crippen molar-refractivity contribution in [2.75, 3.05) is 0 Å². The third kappa shape index (κ3) is 2.41. The van der Waals surface area contributed by atoms with Crippen LogP contribution in [0.5, 0.6) is 5.75 Å². The van der Waals surface area contributed by atoms with E-state index in [4.69, 9.17) is 11.0 Å². The number of halogens is 1. The minimum absolute atomic E-state index is 0. The SMILES string of the molecule is Cl.NOc1cccc(C(=O)O)c1. The van der Waals surface area contributed by atoms with Crippen molar-refractivity contribution in [1.29, 1.82) is 0 Å². The Morgan fingerprint density at radius 2 is 2.17 bits per heavy atom. The Balaban J connectivity index is 0.00000121. The smallest absolute Gasteiger partial charge is 0.335 e. The van der Waals surface area contributed by atoms with Crippen molar-refractivity contribution in [3.63, 3.8) is 0 Å². The molecular formula is C7H8ClNO3. The first-order valence-corrected chi connectivity index (χ1v) is 2.94. The minimum Gasteiger partial charge on any atom is -0.478 e. The molecule has 0 atom stereocenters. The molecule has 0 aliphatic rings. The van der Waals surface area contributed by atoms with E-state index in [1.165, 1.54) is 12.1 Å². The van der Waals surface area contributed by atoms with Gasteiger partial charge in [-0.25, -0.2) is 4.79 Å². The number of carboxylic acid groups (broad SMARTS) is 1. The molecule has 0 heterocycles. The van der Waals surface area contributed by atoms with Crippen LogP contribution in [0.15, 0.2) is 24.3 Å². The molecule has 66 valence electrons.